The molecule has 0 saturated carbocycles. The van der Waals surface area contributed by atoms with E-state index in [4.69, 9.17) is 4.74 Å². The van der Waals surface area contributed by atoms with Gasteiger partial charge >= 0.3 is 0 Å². The number of benzene rings is 1. The Hall–Kier alpha value is -2.87. The molecule has 3 rings (SSSR count). The standard InChI is InChI=1S/C19H22N4O3S/c1-19(2,3)21-15(24)10-13-9-14-16(22-23-18(14)27-13)20-17(25)11-5-7-12(26-4)8-6-11/h5-9H,10H2,1-4H3,(H,21,24)(H2,20,22,23,25). The van der Waals surface area contributed by atoms with E-state index in [1.165, 1.54) is 11.3 Å². The molecule has 3 N–H and O–H groups in total. The molecule has 2 heterocycles. The number of amides is 2. The summed E-state index contributed by atoms with van der Waals surface area (Å²) in [6.07, 6.45) is 0.282. The number of aromatic nitrogens is 2. The summed E-state index contributed by atoms with van der Waals surface area (Å²) in [6.45, 7) is 5.83. The van der Waals surface area contributed by atoms with Crippen molar-refractivity contribution in [2.45, 2.75) is 32.7 Å². The van der Waals surface area contributed by atoms with E-state index in [2.05, 4.69) is 20.8 Å². The summed E-state index contributed by atoms with van der Waals surface area (Å²) in [5.41, 5.74) is 0.241. The molecule has 0 aliphatic carbocycles. The maximum absolute atomic E-state index is 12.4. The van der Waals surface area contributed by atoms with E-state index in [0.29, 0.717) is 17.1 Å². The number of hydrogen-bond donors (Lipinski definition) is 3. The fourth-order valence-electron chi connectivity index (χ4n) is 2.59. The molecule has 27 heavy (non-hydrogen) atoms. The smallest absolute Gasteiger partial charge is 0.256 e. The molecule has 0 atom stereocenters. The molecule has 3 aromatic rings. The van der Waals surface area contributed by atoms with Gasteiger partial charge in [-0.3, -0.25) is 14.7 Å². The second-order valence-corrected chi connectivity index (χ2v) is 8.30. The van der Waals surface area contributed by atoms with Gasteiger partial charge in [0.15, 0.2) is 0 Å². The van der Waals surface area contributed by atoms with Gasteiger partial charge in [-0.05, 0) is 51.1 Å². The molecule has 0 aliphatic heterocycles. The molecule has 1 aromatic carbocycles. The van der Waals surface area contributed by atoms with Gasteiger partial charge in [0.1, 0.15) is 16.4 Å². The highest BCUT2D eigenvalue weighted by Gasteiger charge is 2.17. The Morgan fingerprint density at radius 2 is 1.93 bits per heavy atom. The number of anilines is 1. The molecule has 0 bridgehead atoms. The molecule has 142 valence electrons. The molecule has 0 spiro atoms. The number of hydrogen-bond acceptors (Lipinski definition) is 5. The van der Waals surface area contributed by atoms with E-state index in [1.54, 1.807) is 31.4 Å². The number of nitrogens with zero attached hydrogens (tertiary/aromatic N) is 1. The maximum atomic E-state index is 12.4. The first-order valence-electron chi connectivity index (χ1n) is 8.48. The summed E-state index contributed by atoms with van der Waals surface area (Å²) >= 11 is 1.43. The predicted molar refractivity (Wildman–Crippen MR) is 107 cm³/mol. The van der Waals surface area contributed by atoms with Gasteiger partial charge in [0.2, 0.25) is 5.91 Å². The second-order valence-electron chi connectivity index (χ2n) is 7.19. The Morgan fingerprint density at radius 1 is 1.22 bits per heavy atom. The topological polar surface area (TPSA) is 96.1 Å². The van der Waals surface area contributed by atoms with Crippen LogP contribution in [-0.4, -0.2) is 34.7 Å². The minimum atomic E-state index is -0.271. The zero-order chi connectivity index (χ0) is 19.6. The molecule has 0 saturated heterocycles. The number of fused-ring (bicyclic) bond motifs is 1. The number of thiophene rings is 1. The van der Waals surface area contributed by atoms with Crippen LogP contribution in [0.2, 0.25) is 0 Å². The summed E-state index contributed by atoms with van der Waals surface area (Å²) in [4.78, 5) is 26.2. The lowest BCUT2D eigenvalue weighted by atomic mass is 10.1. The van der Waals surface area contributed by atoms with Crippen molar-refractivity contribution in [2.24, 2.45) is 0 Å². The van der Waals surface area contributed by atoms with Gasteiger partial charge in [-0.15, -0.1) is 11.3 Å². The molecule has 8 heteroatoms. The van der Waals surface area contributed by atoms with Gasteiger partial charge in [-0.2, -0.15) is 5.10 Å². The van der Waals surface area contributed by atoms with Gasteiger partial charge in [-0.1, -0.05) is 0 Å². The van der Waals surface area contributed by atoms with Crippen LogP contribution in [0.25, 0.3) is 10.2 Å². The highest BCUT2D eigenvalue weighted by atomic mass is 32.1. The fraction of sp³-hybridized carbons (Fsp3) is 0.316. The third kappa shape index (κ3) is 4.65. The summed E-state index contributed by atoms with van der Waals surface area (Å²) in [7, 11) is 1.58. The Kier molecular flexibility index (Phi) is 5.18. The largest absolute Gasteiger partial charge is 0.497 e. The first-order chi connectivity index (χ1) is 12.7. The number of nitrogens with one attached hydrogen (secondary N) is 3. The SMILES string of the molecule is COc1ccc(C(=O)Nc2[nH]nc3sc(CC(=O)NC(C)(C)C)cc23)cc1. The van der Waals surface area contributed by atoms with Crippen LogP contribution in [-0.2, 0) is 11.2 Å². The Morgan fingerprint density at radius 3 is 2.56 bits per heavy atom. The summed E-state index contributed by atoms with van der Waals surface area (Å²) in [5, 5.41) is 13.6. The molecule has 0 fully saturated rings. The third-order valence-electron chi connectivity index (χ3n) is 3.74. The number of aromatic amines is 1. The normalized spacial score (nSPS) is 11.4. The number of carbonyl (C=O) groups excluding carboxylic acids is 2. The molecule has 2 aromatic heterocycles. The first-order valence-corrected chi connectivity index (χ1v) is 9.30. The van der Waals surface area contributed by atoms with E-state index >= 15 is 0 Å². The molecule has 0 unspecified atom stereocenters. The Balaban J connectivity index is 1.73. The van der Waals surface area contributed by atoms with Crippen LogP contribution in [0, 0.1) is 0 Å². The van der Waals surface area contributed by atoms with E-state index in [1.807, 2.05) is 26.8 Å². The zero-order valence-electron chi connectivity index (χ0n) is 15.7. The maximum Gasteiger partial charge on any atom is 0.256 e. The quantitative estimate of drug-likeness (QED) is 0.627. The van der Waals surface area contributed by atoms with Gasteiger partial charge in [0, 0.05) is 16.0 Å². The third-order valence-corrected chi connectivity index (χ3v) is 4.77. The van der Waals surface area contributed by atoms with E-state index in [9.17, 15) is 9.59 Å². The minimum absolute atomic E-state index is 0.0424. The highest BCUT2D eigenvalue weighted by molar-refractivity contribution is 7.18. The van der Waals surface area contributed by atoms with Crippen molar-refractivity contribution in [3.63, 3.8) is 0 Å². The number of methoxy groups -OCH3 is 1. The summed E-state index contributed by atoms with van der Waals surface area (Å²) < 4.78 is 5.10. The second kappa shape index (κ2) is 7.40. The monoisotopic (exact) mass is 386 g/mol. The van der Waals surface area contributed by atoms with Crippen molar-refractivity contribution in [1.29, 1.82) is 0 Å². The Labute approximate surface area is 161 Å². The average Bonchev–Trinajstić information content (AvgIpc) is 3.14. The van der Waals surface area contributed by atoms with Crippen molar-refractivity contribution in [3.05, 3.63) is 40.8 Å². The fourth-order valence-corrected chi connectivity index (χ4v) is 3.58. The molecule has 0 aliphatic rings. The van der Waals surface area contributed by atoms with Crippen LogP contribution in [0.1, 0.15) is 36.0 Å². The van der Waals surface area contributed by atoms with E-state index < -0.39 is 0 Å². The molecule has 2 amide bonds. The van der Waals surface area contributed by atoms with Gasteiger partial charge in [-0.25, -0.2) is 0 Å². The van der Waals surface area contributed by atoms with Crippen LogP contribution in [0.5, 0.6) is 5.75 Å². The van der Waals surface area contributed by atoms with Crippen LogP contribution in [0.15, 0.2) is 30.3 Å². The lowest BCUT2D eigenvalue weighted by molar-refractivity contribution is -0.121. The lowest BCUT2D eigenvalue weighted by Crippen LogP contribution is -2.41. The minimum Gasteiger partial charge on any atom is -0.497 e. The van der Waals surface area contributed by atoms with Crippen molar-refractivity contribution in [3.8, 4) is 5.75 Å². The number of rotatable bonds is 5. The van der Waals surface area contributed by atoms with Crippen molar-refractivity contribution < 1.29 is 14.3 Å². The number of carbonyl (C=O) groups is 2. The number of H-pyrrole nitrogens is 1. The molecule has 0 radical (unpaired) electrons. The lowest BCUT2D eigenvalue weighted by Gasteiger charge is -2.20. The van der Waals surface area contributed by atoms with Crippen LogP contribution in [0.4, 0.5) is 5.82 Å². The first kappa shape index (κ1) is 18.9. The van der Waals surface area contributed by atoms with Crippen LogP contribution >= 0.6 is 11.3 Å². The van der Waals surface area contributed by atoms with E-state index in [-0.39, 0.29) is 23.8 Å². The zero-order valence-corrected chi connectivity index (χ0v) is 16.5. The average molecular weight is 386 g/mol. The predicted octanol–water partition coefficient (Wildman–Crippen LogP) is 3.34. The molecular weight excluding hydrogens is 364 g/mol. The Bertz CT molecular complexity index is 967. The summed E-state index contributed by atoms with van der Waals surface area (Å²) in [6, 6.07) is 8.73. The highest BCUT2D eigenvalue weighted by Crippen LogP contribution is 2.30. The summed E-state index contributed by atoms with van der Waals surface area (Å²) in [5.74, 6) is 0.914. The van der Waals surface area contributed by atoms with Crippen molar-refractivity contribution >= 4 is 39.2 Å². The van der Waals surface area contributed by atoms with Gasteiger partial charge in [0.05, 0.1) is 18.9 Å². The molecule has 7 nitrogen and oxygen atoms in total. The van der Waals surface area contributed by atoms with Gasteiger partial charge < -0.3 is 15.4 Å². The van der Waals surface area contributed by atoms with Crippen LogP contribution < -0.4 is 15.4 Å². The van der Waals surface area contributed by atoms with E-state index in [0.717, 1.165) is 15.1 Å². The number of ether oxygens (including phenoxy) is 1. The van der Waals surface area contributed by atoms with Gasteiger partial charge in [0.25, 0.3) is 5.91 Å². The van der Waals surface area contributed by atoms with Crippen molar-refractivity contribution in [2.75, 3.05) is 12.4 Å². The molecular formula is C19H22N4O3S. The van der Waals surface area contributed by atoms with Crippen molar-refractivity contribution in [1.82, 2.24) is 15.5 Å². The van der Waals surface area contributed by atoms with Crippen LogP contribution in [0.3, 0.4) is 0 Å².